The fourth-order valence-electron chi connectivity index (χ4n) is 1.98. The van der Waals surface area contributed by atoms with Crippen LogP contribution in [0.15, 0.2) is 48.5 Å². The van der Waals surface area contributed by atoms with E-state index < -0.39 is 0 Å². The van der Waals surface area contributed by atoms with Gasteiger partial charge in [-0.3, -0.25) is 9.59 Å². The van der Waals surface area contributed by atoms with E-state index in [0.29, 0.717) is 30.0 Å². The molecule has 0 radical (unpaired) electrons. The number of methoxy groups -OCH3 is 1. The zero-order chi connectivity index (χ0) is 16.7. The van der Waals surface area contributed by atoms with E-state index in [2.05, 4.69) is 10.6 Å². The first kappa shape index (κ1) is 16.7. The zero-order valence-corrected chi connectivity index (χ0v) is 13.3. The van der Waals surface area contributed by atoms with Gasteiger partial charge in [0.2, 0.25) is 0 Å². The van der Waals surface area contributed by atoms with Crippen molar-refractivity contribution >= 4 is 17.5 Å². The Morgan fingerprint density at radius 3 is 2.09 bits per heavy atom. The minimum absolute atomic E-state index is 0.168. The molecule has 120 valence electrons. The van der Waals surface area contributed by atoms with Crippen LogP contribution in [0.1, 0.15) is 26.3 Å². The molecule has 2 aromatic carbocycles. The highest BCUT2D eigenvalue weighted by atomic mass is 16.5. The minimum atomic E-state index is -0.178. The number of ether oxygens (including phenoxy) is 1. The Kier molecular flexibility index (Phi) is 5.88. The van der Waals surface area contributed by atoms with Gasteiger partial charge in [-0.2, -0.15) is 0 Å². The van der Waals surface area contributed by atoms with Gasteiger partial charge >= 0.3 is 0 Å². The second-order valence-electron chi connectivity index (χ2n) is 5.15. The molecule has 5 heteroatoms. The molecule has 0 fully saturated rings. The zero-order valence-electron chi connectivity index (χ0n) is 13.3. The van der Waals surface area contributed by atoms with Gasteiger partial charge in [-0.05, 0) is 43.3 Å². The standard InChI is InChI=1S/C18H20N2O3/c1-13-3-5-15(6-4-13)18(22)20-16-9-7-14(8-10-16)17(21)19-11-12-23-2/h3-10H,11-12H2,1-2H3,(H,19,21)(H,20,22). The molecule has 0 unspecified atom stereocenters. The van der Waals surface area contributed by atoms with Crippen molar-refractivity contribution in [3.63, 3.8) is 0 Å². The summed E-state index contributed by atoms with van der Waals surface area (Å²) in [4.78, 5) is 24.0. The van der Waals surface area contributed by atoms with Crippen LogP contribution in [-0.2, 0) is 4.74 Å². The minimum Gasteiger partial charge on any atom is -0.383 e. The van der Waals surface area contributed by atoms with Crippen LogP contribution in [0.25, 0.3) is 0 Å². The second kappa shape index (κ2) is 8.10. The fourth-order valence-corrected chi connectivity index (χ4v) is 1.98. The molecule has 2 amide bonds. The average Bonchev–Trinajstić information content (AvgIpc) is 2.56. The first-order valence-electron chi connectivity index (χ1n) is 7.35. The predicted molar refractivity (Wildman–Crippen MR) is 89.8 cm³/mol. The summed E-state index contributed by atoms with van der Waals surface area (Å²) in [5, 5.41) is 5.55. The Balaban J connectivity index is 1.95. The van der Waals surface area contributed by atoms with E-state index >= 15 is 0 Å². The summed E-state index contributed by atoms with van der Waals surface area (Å²) >= 11 is 0. The maximum atomic E-state index is 12.1. The van der Waals surface area contributed by atoms with Crippen molar-refractivity contribution in [3.8, 4) is 0 Å². The molecular weight excluding hydrogens is 292 g/mol. The van der Waals surface area contributed by atoms with Crippen molar-refractivity contribution in [2.24, 2.45) is 0 Å². The van der Waals surface area contributed by atoms with Gasteiger partial charge in [0, 0.05) is 30.5 Å². The van der Waals surface area contributed by atoms with Gasteiger partial charge in [0.1, 0.15) is 0 Å². The highest BCUT2D eigenvalue weighted by molar-refractivity contribution is 6.04. The predicted octanol–water partition coefficient (Wildman–Crippen LogP) is 2.62. The topological polar surface area (TPSA) is 67.4 Å². The summed E-state index contributed by atoms with van der Waals surface area (Å²) in [7, 11) is 1.58. The molecule has 0 bridgehead atoms. The molecule has 0 aliphatic rings. The Bertz CT molecular complexity index is 664. The van der Waals surface area contributed by atoms with Crippen molar-refractivity contribution in [2.75, 3.05) is 25.6 Å². The molecule has 0 saturated carbocycles. The molecule has 0 aliphatic heterocycles. The van der Waals surface area contributed by atoms with E-state index in [1.807, 2.05) is 19.1 Å². The third-order valence-corrected chi connectivity index (χ3v) is 3.31. The van der Waals surface area contributed by atoms with Crippen molar-refractivity contribution in [2.45, 2.75) is 6.92 Å². The number of carbonyl (C=O) groups excluding carboxylic acids is 2. The molecule has 2 aromatic rings. The number of amides is 2. The lowest BCUT2D eigenvalue weighted by molar-refractivity contribution is 0.0936. The lowest BCUT2D eigenvalue weighted by Gasteiger charge is -2.07. The number of anilines is 1. The van der Waals surface area contributed by atoms with Crippen LogP contribution < -0.4 is 10.6 Å². The molecule has 0 heterocycles. The summed E-state index contributed by atoms with van der Waals surface area (Å²) in [5.74, 6) is -0.347. The summed E-state index contributed by atoms with van der Waals surface area (Å²) in [6, 6.07) is 14.1. The molecule has 2 N–H and O–H groups in total. The van der Waals surface area contributed by atoms with Crippen molar-refractivity contribution in [1.29, 1.82) is 0 Å². The fraction of sp³-hybridized carbons (Fsp3) is 0.222. The molecular formula is C18H20N2O3. The van der Waals surface area contributed by atoms with Gasteiger partial charge in [-0.1, -0.05) is 17.7 Å². The average molecular weight is 312 g/mol. The second-order valence-corrected chi connectivity index (χ2v) is 5.15. The van der Waals surface area contributed by atoms with Crippen LogP contribution >= 0.6 is 0 Å². The summed E-state index contributed by atoms with van der Waals surface area (Å²) in [6.07, 6.45) is 0. The molecule has 0 spiro atoms. The molecule has 0 aromatic heterocycles. The molecule has 0 aliphatic carbocycles. The van der Waals surface area contributed by atoms with E-state index in [1.165, 1.54) is 0 Å². The van der Waals surface area contributed by atoms with Crippen molar-refractivity contribution < 1.29 is 14.3 Å². The van der Waals surface area contributed by atoms with E-state index in [1.54, 1.807) is 43.5 Å². The molecule has 0 saturated heterocycles. The molecule has 5 nitrogen and oxygen atoms in total. The van der Waals surface area contributed by atoms with E-state index in [0.717, 1.165) is 5.56 Å². The van der Waals surface area contributed by atoms with Crippen LogP contribution in [0, 0.1) is 6.92 Å². The number of aryl methyl sites for hydroxylation is 1. The number of hydrogen-bond acceptors (Lipinski definition) is 3. The number of carbonyl (C=O) groups is 2. The number of nitrogens with one attached hydrogen (secondary N) is 2. The Morgan fingerprint density at radius 1 is 0.913 bits per heavy atom. The van der Waals surface area contributed by atoms with Crippen LogP contribution in [-0.4, -0.2) is 32.1 Å². The number of benzene rings is 2. The smallest absolute Gasteiger partial charge is 0.255 e. The Labute approximate surface area is 135 Å². The van der Waals surface area contributed by atoms with Crippen LogP contribution in [0.5, 0.6) is 0 Å². The first-order chi connectivity index (χ1) is 11.1. The first-order valence-corrected chi connectivity index (χ1v) is 7.35. The van der Waals surface area contributed by atoms with Crippen LogP contribution in [0.2, 0.25) is 0 Å². The molecule has 0 atom stereocenters. The highest BCUT2D eigenvalue weighted by Crippen LogP contribution is 2.12. The molecule has 23 heavy (non-hydrogen) atoms. The largest absolute Gasteiger partial charge is 0.383 e. The van der Waals surface area contributed by atoms with E-state index in [-0.39, 0.29) is 11.8 Å². The summed E-state index contributed by atoms with van der Waals surface area (Å²) in [5.41, 5.74) is 2.88. The van der Waals surface area contributed by atoms with E-state index in [4.69, 9.17) is 4.74 Å². The van der Waals surface area contributed by atoms with Crippen molar-refractivity contribution in [3.05, 3.63) is 65.2 Å². The van der Waals surface area contributed by atoms with Crippen LogP contribution in [0.3, 0.4) is 0 Å². The lowest BCUT2D eigenvalue weighted by Crippen LogP contribution is -2.26. The van der Waals surface area contributed by atoms with Gasteiger partial charge in [0.05, 0.1) is 6.61 Å². The number of rotatable bonds is 6. The maximum absolute atomic E-state index is 12.1. The monoisotopic (exact) mass is 312 g/mol. The highest BCUT2D eigenvalue weighted by Gasteiger charge is 2.07. The van der Waals surface area contributed by atoms with Gasteiger partial charge < -0.3 is 15.4 Å². The number of hydrogen-bond donors (Lipinski definition) is 2. The van der Waals surface area contributed by atoms with E-state index in [9.17, 15) is 9.59 Å². The quantitative estimate of drug-likeness (QED) is 0.806. The third kappa shape index (κ3) is 4.93. The molecule has 2 rings (SSSR count). The van der Waals surface area contributed by atoms with Gasteiger partial charge in [0.15, 0.2) is 0 Å². The summed E-state index contributed by atoms with van der Waals surface area (Å²) in [6.45, 7) is 2.90. The SMILES string of the molecule is COCCNC(=O)c1ccc(NC(=O)c2ccc(C)cc2)cc1. The summed E-state index contributed by atoms with van der Waals surface area (Å²) < 4.78 is 4.88. The van der Waals surface area contributed by atoms with Crippen LogP contribution in [0.4, 0.5) is 5.69 Å². The normalized spacial score (nSPS) is 10.2. The Hall–Kier alpha value is -2.66. The maximum Gasteiger partial charge on any atom is 0.255 e. The van der Waals surface area contributed by atoms with Crippen molar-refractivity contribution in [1.82, 2.24) is 5.32 Å². The van der Waals surface area contributed by atoms with Gasteiger partial charge in [0.25, 0.3) is 11.8 Å². The van der Waals surface area contributed by atoms with Gasteiger partial charge in [-0.25, -0.2) is 0 Å². The van der Waals surface area contributed by atoms with Gasteiger partial charge in [-0.15, -0.1) is 0 Å². The lowest BCUT2D eigenvalue weighted by atomic mass is 10.1. The Morgan fingerprint density at radius 2 is 1.48 bits per heavy atom. The third-order valence-electron chi connectivity index (χ3n) is 3.31.